The van der Waals surface area contributed by atoms with Crippen molar-refractivity contribution in [3.63, 3.8) is 0 Å². The van der Waals surface area contributed by atoms with Crippen LogP contribution in [0.4, 0.5) is 4.79 Å². The second kappa shape index (κ2) is 14.1. The summed E-state index contributed by atoms with van der Waals surface area (Å²) in [6, 6.07) is 9.44. The molecule has 3 rings (SSSR count). The minimum atomic E-state index is -1.13. The summed E-state index contributed by atoms with van der Waals surface area (Å²) in [4.78, 5) is 25.0. The number of carbonyl (C=O) groups is 2. The third-order valence-electron chi connectivity index (χ3n) is 6.71. The summed E-state index contributed by atoms with van der Waals surface area (Å²) < 4.78 is 16.5. The Hall–Kier alpha value is -2.08. The molecule has 2 saturated carbocycles. The Morgan fingerprint density at radius 3 is 2.03 bits per heavy atom. The maximum Gasteiger partial charge on any atom is 0.409 e. The van der Waals surface area contributed by atoms with E-state index in [2.05, 4.69) is 5.32 Å². The van der Waals surface area contributed by atoms with Crippen LogP contribution in [0, 0.1) is 11.8 Å². The predicted octanol–water partition coefficient (Wildman–Crippen LogP) is 5.74. The molecule has 0 aromatic heterocycles. The Bertz CT molecular complexity index is 668. The zero-order valence-corrected chi connectivity index (χ0v) is 19.3. The lowest BCUT2D eigenvalue weighted by Crippen LogP contribution is -2.44. The maximum atomic E-state index is 12.7. The van der Waals surface area contributed by atoms with E-state index in [1.807, 2.05) is 30.3 Å². The number of nitrogens with one attached hydrogen (secondary N) is 1. The van der Waals surface area contributed by atoms with Crippen molar-refractivity contribution in [2.45, 2.75) is 89.9 Å². The highest BCUT2D eigenvalue weighted by Gasteiger charge is 2.25. The predicted molar refractivity (Wildman–Crippen MR) is 123 cm³/mol. The highest BCUT2D eigenvalue weighted by atomic mass is 16.6. The molecule has 1 unspecified atom stereocenters. The molecular weight excluding hydrogens is 406 g/mol. The molecule has 0 bridgehead atoms. The number of benzene rings is 1. The van der Waals surface area contributed by atoms with Gasteiger partial charge in [0.1, 0.15) is 6.61 Å². The Morgan fingerprint density at radius 2 is 1.41 bits per heavy atom. The van der Waals surface area contributed by atoms with Gasteiger partial charge in [-0.1, -0.05) is 94.5 Å². The molecular formula is C26H39NO5. The lowest BCUT2D eigenvalue weighted by Gasteiger charge is -2.24. The van der Waals surface area contributed by atoms with Crippen molar-refractivity contribution in [3.8, 4) is 0 Å². The van der Waals surface area contributed by atoms with E-state index in [1.165, 1.54) is 64.2 Å². The van der Waals surface area contributed by atoms with Crippen LogP contribution in [0.1, 0.15) is 82.6 Å². The van der Waals surface area contributed by atoms with E-state index in [1.54, 1.807) is 0 Å². The smallest absolute Gasteiger partial charge is 0.409 e. The van der Waals surface area contributed by atoms with Gasteiger partial charge in [0.2, 0.25) is 6.23 Å². The van der Waals surface area contributed by atoms with Gasteiger partial charge in [-0.25, -0.2) is 9.59 Å². The van der Waals surface area contributed by atoms with E-state index in [0.29, 0.717) is 25.0 Å². The minimum Gasteiger partial charge on any atom is -0.462 e. The summed E-state index contributed by atoms with van der Waals surface area (Å²) in [5.74, 6) is 0.726. The van der Waals surface area contributed by atoms with Crippen molar-refractivity contribution >= 4 is 12.1 Å². The van der Waals surface area contributed by atoms with Crippen LogP contribution in [0.25, 0.3) is 0 Å². The lowest BCUT2D eigenvalue weighted by molar-refractivity contribution is -0.160. The van der Waals surface area contributed by atoms with Gasteiger partial charge in [0, 0.05) is 0 Å². The number of carbonyl (C=O) groups excluding carboxylic acids is 2. The van der Waals surface area contributed by atoms with Crippen molar-refractivity contribution < 1.29 is 23.8 Å². The molecule has 1 aromatic rings. The molecule has 6 heteroatoms. The summed E-state index contributed by atoms with van der Waals surface area (Å²) >= 11 is 0. The SMILES string of the molecule is O=C(NC(OCCC1CCCCC1)C(=O)OCCC1CCCCC1)OCc1ccccc1. The molecule has 0 saturated heterocycles. The second-order valence-electron chi connectivity index (χ2n) is 9.21. The van der Waals surface area contributed by atoms with Crippen molar-refractivity contribution in [2.75, 3.05) is 13.2 Å². The number of alkyl carbamates (subject to hydrolysis) is 1. The van der Waals surface area contributed by atoms with E-state index in [9.17, 15) is 9.59 Å². The normalized spacial score (nSPS) is 18.6. The minimum absolute atomic E-state index is 0.137. The first kappa shape index (κ1) is 24.6. The van der Waals surface area contributed by atoms with Crippen LogP contribution >= 0.6 is 0 Å². The van der Waals surface area contributed by atoms with Gasteiger partial charge < -0.3 is 14.2 Å². The van der Waals surface area contributed by atoms with Gasteiger partial charge in [0.05, 0.1) is 13.2 Å². The molecule has 6 nitrogen and oxygen atoms in total. The number of hydrogen-bond acceptors (Lipinski definition) is 5. The van der Waals surface area contributed by atoms with Crippen molar-refractivity contribution in [1.82, 2.24) is 5.32 Å². The molecule has 1 N–H and O–H groups in total. The van der Waals surface area contributed by atoms with Crippen LogP contribution in [0.3, 0.4) is 0 Å². The van der Waals surface area contributed by atoms with Crippen LogP contribution in [0.2, 0.25) is 0 Å². The standard InChI is InChI=1S/C26H39NO5/c28-25(31-19-17-22-12-6-2-7-13-22)24(30-18-16-21-10-4-1-5-11-21)27-26(29)32-20-23-14-8-3-9-15-23/h3,8-9,14-15,21-22,24H,1-2,4-7,10-13,16-20H2,(H,27,29). The fraction of sp³-hybridized carbons (Fsp3) is 0.692. The number of esters is 1. The van der Waals surface area contributed by atoms with Crippen LogP contribution in [-0.2, 0) is 25.6 Å². The van der Waals surface area contributed by atoms with Gasteiger partial charge in [0.25, 0.3) is 0 Å². The molecule has 0 radical (unpaired) electrons. The maximum absolute atomic E-state index is 12.7. The van der Waals surface area contributed by atoms with Crippen LogP contribution in [-0.4, -0.2) is 31.5 Å². The lowest BCUT2D eigenvalue weighted by atomic mass is 9.87. The first-order valence-corrected chi connectivity index (χ1v) is 12.5. The topological polar surface area (TPSA) is 73.9 Å². The van der Waals surface area contributed by atoms with E-state index in [4.69, 9.17) is 14.2 Å². The second-order valence-corrected chi connectivity index (χ2v) is 9.21. The zero-order valence-electron chi connectivity index (χ0n) is 19.3. The van der Waals surface area contributed by atoms with Gasteiger partial charge in [0.15, 0.2) is 0 Å². The molecule has 2 aliphatic carbocycles. The highest BCUT2D eigenvalue weighted by Crippen LogP contribution is 2.27. The average molecular weight is 446 g/mol. The molecule has 0 spiro atoms. The van der Waals surface area contributed by atoms with E-state index >= 15 is 0 Å². The average Bonchev–Trinajstić information content (AvgIpc) is 2.84. The third kappa shape index (κ3) is 9.19. The Labute approximate surface area is 192 Å². The van der Waals surface area contributed by atoms with Crippen LogP contribution in [0.5, 0.6) is 0 Å². The number of ether oxygens (including phenoxy) is 3. The Morgan fingerprint density at radius 1 is 0.812 bits per heavy atom. The third-order valence-corrected chi connectivity index (χ3v) is 6.71. The largest absolute Gasteiger partial charge is 0.462 e. The quantitative estimate of drug-likeness (QED) is 0.347. The summed E-state index contributed by atoms with van der Waals surface area (Å²) in [6.45, 7) is 0.928. The summed E-state index contributed by atoms with van der Waals surface area (Å²) in [7, 11) is 0. The van der Waals surface area contributed by atoms with Gasteiger partial charge in [-0.3, -0.25) is 5.32 Å². The molecule has 32 heavy (non-hydrogen) atoms. The Kier molecular flexibility index (Phi) is 10.9. The first-order valence-electron chi connectivity index (χ1n) is 12.5. The monoisotopic (exact) mass is 445 g/mol. The Balaban J connectivity index is 1.44. The van der Waals surface area contributed by atoms with E-state index in [-0.39, 0.29) is 6.61 Å². The van der Waals surface area contributed by atoms with Gasteiger partial charge in [-0.05, 0) is 30.2 Å². The molecule has 1 amide bonds. The number of amides is 1. The molecule has 178 valence electrons. The van der Waals surface area contributed by atoms with Crippen LogP contribution in [0.15, 0.2) is 30.3 Å². The number of hydrogen-bond donors (Lipinski definition) is 1. The highest BCUT2D eigenvalue weighted by molar-refractivity contribution is 5.80. The van der Waals surface area contributed by atoms with Gasteiger partial charge in [-0.15, -0.1) is 0 Å². The molecule has 0 aliphatic heterocycles. The van der Waals surface area contributed by atoms with Gasteiger partial charge >= 0.3 is 12.1 Å². The fourth-order valence-corrected chi connectivity index (χ4v) is 4.75. The van der Waals surface area contributed by atoms with Crippen molar-refractivity contribution in [3.05, 3.63) is 35.9 Å². The molecule has 0 heterocycles. The van der Waals surface area contributed by atoms with E-state index < -0.39 is 18.3 Å². The fourth-order valence-electron chi connectivity index (χ4n) is 4.75. The molecule has 1 atom stereocenters. The van der Waals surface area contributed by atoms with Crippen molar-refractivity contribution in [1.29, 1.82) is 0 Å². The first-order chi connectivity index (χ1) is 15.7. The van der Waals surface area contributed by atoms with Crippen molar-refractivity contribution in [2.24, 2.45) is 11.8 Å². The zero-order chi connectivity index (χ0) is 22.4. The summed E-state index contributed by atoms with van der Waals surface area (Å²) in [5, 5.41) is 2.56. The molecule has 1 aromatic carbocycles. The number of rotatable bonds is 11. The molecule has 2 aliphatic rings. The molecule has 2 fully saturated rings. The summed E-state index contributed by atoms with van der Waals surface area (Å²) in [6.07, 6.45) is 12.5. The van der Waals surface area contributed by atoms with E-state index in [0.717, 1.165) is 18.4 Å². The summed E-state index contributed by atoms with van der Waals surface area (Å²) in [5.41, 5.74) is 0.882. The van der Waals surface area contributed by atoms with Gasteiger partial charge in [-0.2, -0.15) is 0 Å². The van der Waals surface area contributed by atoms with Crippen LogP contribution < -0.4 is 5.32 Å².